The number of nitrogens with one attached hydrogen (secondary N) is 1. The first-order valence-electron chi connectivity index (χ1n) is 6.98. The number of aromatic nitrogens is 2. The molecule has 1 aliphatic carbocycles. The van der Waals surface area contributed by atoms with E-state index >= 15 is 0 Å². The molecule has 1 aromatic carbocycles. The highest BCUT2D eigenvalue weighted by Crippen LogP contribution is 2.33. The summed E-state index contributed by atoms with van der Waals surface area (Å²) in [5.74, 6) is 1.66. The smallest absolute Gasteiger partial charge is 0.228 e. The molecule has 0 spiro atoms. The highest BCUT2D eigenvalue weighted by molar-refractivity contribution is 5.20. The van der Waals surface area contributed by atoms with E-state index in [0.717, 1.165) is 12.3 Å². The summed E-state index contributed by atoms with van der Waals surface area (Å²) in [7, 11) is 1.96. The molecule has 1 N–H and O–H groups in total. The fourth-order valence-corrected chi connectivity index (χ4v) is 2.45. The Morgan fingerprint density at radius 3 is 2.90 bits per heavy atom. The zero-order valence-electron chi connectivity index (χ0n) is 11.5. The molecule has 5 heteroatoms. The minimum atomic E-state index is -0.232. The fourth-order valence-electron chi connectivity index (χ4n) is 2.45. The molecule has 3 rings (SSSR count). The van der Waals surface area contributed by atoms with Gasteiger partial charge in [0.05, 0.1) is 0 Å². The van der Waals surface area contributed by atoms with Crippen molar-refractivity contribution in [2.24, 2.45) is 5.92 Å². The summed E-state index contributed by atoms with van der Waals surface area (Å²) in [5.41, 5.74) is 0.590. The van der Waals surface area contributed by atoms with Gasteiger partial charge >= 0.3 is 0 Å². The van der Waals surface area contributed by atoms with Gasteiger partial charge in [-0.1, -0.05) is 23.4 Å². The molecule has 1 aromatic heterocycles. The summed E-state index contributed by atoms with van der Waals surface area (Å²) in [6.45, 7) is 0. The summed E-state index contributed by atoms with van der Waals surface area (Å²) in [4.78, 5) is 4.36. The summed E-state index contributed by atoms with van der Waals surface area (Å²) in [6, 6.07) is 7.07. The summed E-state index contributed by atoms with van der Waals surface area (Å²) in [5, 5.41) is 7.23. The Hall–Kier alpha value is -1.75. The van der Waals surface area contributed by atoms with Crippen LogP contribution in [0.4, 0.5) is 4.39 Å². The maximum Gasteiger partial charge on any atom is 0.228 e. The first-order chi connectivity index (χ1) is 9.76. The third-order valence-corrected chi connectivity index (χ3v) is 3.77. The standard InChI is InChI=1S/C15H18FN3O/c1-17-13(10-6-7-10)9-15-18-14(19-20-15)8-11-4-2-3-5-12(11)16/h2-5,10,13,17H,6-9H2,1H3. The Balaban J connectivity index is 1.66. The molecule has 4 nitrogen and oxygen atoms in total. The van der Waals surface area contributed by atoms with Gasteiger partial charge in [0.15, 0.2) is 5.82 Å². The molecular formula is C15H18FN3O. The maximum absolute atomic E-state index is 13.6. The van der Waals surface area contributed by atoms with Crippen molar-refractivity contribution in [3.8, 4) is 0 Å². The largest absolute Gasteiger partial charge is 0.339 e. The van der Waals surface area contributed by atoms with Crippen LogP contribution in [-0.4, -0.2) is 23.2 Å². The van der Waals surface area contributed by atoms with Crippen molar-refractivity contribution < 1.29 is 8.91 Å². The summed E-state index contributed by atoms with van der Waals surface area (Å²) >= 11 is 0. The number of nitrogens with zero attached hydrogens (tertiary/aromatic N) is 2. The Bertz CT molecular complexity index is 580. The third-order valence-electron chi connectivity index (χ3n) is 3.77. The van der Waals surface area contributed by atoms with Crippen molar-refractivity contribution in [3.63, 3.8) is 0 Å². The Morgan fingerprint density at radius 1 is 1.40 bits per heavy atom. The maximum atomic E-state index is 13.6. The Kier molecular flexibility index (Phi) is 3.78. The van der Waals surface area contributed by atoms with Gasteiger partial charge in [0.25, 0.3) is 0 Å². The molecule has 1 saturated carbocycles. The van der Waals surface area contributed by atoms with Crippen LogP contribution in [0.25, 0.3) is 0 Å². The molecule has 1 unspecified atom stereocenters. The van der Waals surface area contributed by atoms with Crippen molar-refractivity contribution in [2.45, 2.75) is 31.7 Å². The van der Waals surface area contributed by atoms with E-state index in [-0.39, 0.29) is 5.82 Å². The SMILES string of the molecule is CNC(Cc1nc(Cc2ccccc2F)no1)C1CC1. The Labute approximate surface area is 117 Å². The normalized spacial score (nSPS) is 16.3. The lowest BCUT2D eigenvalue weighted by Crippen LogP contribution is -2.29. The van der Waals surface area contributed by atoms with Gasteiger partial charge in [-0.05, 0) is 37.4 Å². The molecule has 1 aliphatic rings. The van der Waals surface area contributed by atoms with E-state index in [2.05, 4.69) is 15.5 Å². The van der Waals surface area contributed by atoms with Gasteiger partial charge in [0.2, 0.25) is 5.89 Å². The van der Waals surface area contributed by atoms with Gasteiger partial charge in [-0.25, -0.2) is 4.39 Å². The van der Waals surface area contributed by atoms with Crippen LogP contribution >= 0.6 is 0 Å². The fraction of sp³-hybridized carbons (Fsp3) is 0.467. The van der Waals surface area contributed by atoms with Crippen LogP contribution in [0.5, 0.6) is 0 Å². The van der Waals surface area contributed by atoms with Gasteiger partial charge in [0.1, 0.15) is 5.82 Å². The van der Waals surface area contributed by atoms with Crippen LogP contribution in [0.2, 0.25) is 0 Å². The molecule has 0 radical (unpaired) electrons. The molecular weight excluding hydrogens is 257 g/mol. The molecule has 0 bridgehead atoms. The van der Waals surface area contributed by atoms with Crippen LogP contribution in [0, 0.1) is 11.7 Å². The first kappa shape index (κ1) is 13.2. The van der Waals surface area contributed by atoms with Crippen LogP contribution < -0.4 is 5.32 Å². The molecule has 0 aliphatic heterocycles. The second kappa shape index (κ2) is 5.71. The predicted molar refractivity (Wildman–Crippen MR) is 72.8 cm³/mol. The molecule has 1 heterocycles. The van der Waals surface area contributed by atoms with E-state index in [1.54, 1.807) is 12.1 Å². The van der Waals surface area contributed by atoms with E-state index in [1.807, 2.05) is 13.1 Å². The van der Waals surface area contributed by atoms with Crippen molar-refractivity contribution in [3.05, 3.63) is 47.4 Å². The zero-order chi connectivity index (χ0) is 13.9. The van der Waals surface area contributed by atoms with Gasteiger partial charge in [-0.3, -0.25) is 0 Å². The molecule has 0 amide bonds. The minimum absolute atomic E-state index is 0.232. The number of benzene rings is 1. The number of hydrogen-bond acceptors (Lipinski definition) is 4. The monoisotopic (exact) mass is 275 g/mol. The lowest BCUT2D eigenvalue weighted by molar-refractivity contribution is 0.349. The number of halogens is 1. The quantitative estimate of drug-likeness (QED) is 0.879. The second-order valence-corrected chi connectivity index (χ2v) is 5.31. The number of hydrogen-bond donors (Lipinski definition) is 1. The summed E-state index contributed by atoms with van der Waals surface area (Å²) < 4.78 is 18.8. The molecule has 1 atom stereocenters. The number of rotatable bonds is 6. The highest BCUT2D eigenvalue weighted by atomic mass is 19.1. The van der Waals surface area contributed by atoms with Gasteiger partial charge < -0.3 is 9.84 Å². The van der Waals surface area contributed by atoms with Crippen LogP contribution in [-0.2, 0) is 12.8 Å². The second-order valence-electron chi connectivity index (χ2n) is 5.31. The predicted octanol–water partition coefficient (Wildman–Crippen LogP) is 2.34. The number of likely N-dealkylation sites (N-methyl/N-ethyl adjacent to an activating group) is 1. The van der Waals surface area contributed by atoms with Crippen molar-refractivity contribution in [1.29, 1.82) is 0 Å². The molecule has 106 valence electrons. The van der Waals surface area contributed by atoms with Gasteiger partial charge in [0, 0.05) is 18.9 Å². The topological polar surface area (TPSA) is 51.0 Å². The lowest BCUT2D eigenvalue weighted by Gasteiger charge is -2.11. The Morgan fingerprint density at radius 2 is 2.20 bits per heavy atom. The zero-order valence-corrected chi connectivity index (χ0v) is 11.5. The van der Waals surface area contributed by atoms with E-state index in [1.165, 1.54) is 18.9 Å². The average molecular weight is 275 g/mol. The van der Waals surface area contributed by atoms with E-state index in [4.69, 9.17) is 4.52 Å². The third kappa shape index (κ3) is 3.04. The van der Waals surface area contributed by atoms with Crippen molar-refractivity contribution >= 4 is 0 Å². The molecule has 20 heavy (non-hydrogen) atoms. The average Bonchev–Trinajstić information content (AvgIpc) is 3.20. The first-order valence-corrected chi connectivity index (χ1v) is 6.98. The van der Waals surface area contributed by atoms with Crippen LogP contribution in [0.3, 0.4) is 0 Å². The molecule has 2 aromatic rings. The molecule has 0 saturated heterocycles. The van der Waals surface area contributed by atoms with Crippen molar-refractivity contribution in [2.75, 3.05) is 7.05 Å². The van der Waals surface area contributed by atoms with Crippen LogP contribution in [0.15, 0.2) is 28.8 Å². The van der Waals surface area contributed by atoms with Crippen LogP contribution in [0.1, 0.15) is 30.1 Å². The van der Waals surface area contributed by atoms with E-state index < -0.39 is 0 Å². The van der Waals surface area contributed by atoms with E-state index in [9.17, 15) is 4.39 Å². The molecule has 1 fully saturated rings. The lowest BCUT2D eigenvalue weighted by atomic mass is 10.1. The summed E-state index contributed by atoms with van der Waals surface area (Å²) in [6.07, 6.45) is 3.64. The van der Waals surface area contributed by atoms with Gasteiger partial charge in [-0.2, -0.15) is 4.98 Å². The highest BCUT2D eigenvalue weighted by Gasteiger charge is 2.31. The van der Waals surface area contributed by atoms with E-state index in [0.29, 0.717) is 29.7 Å². The van der Waals surface area contributed by atoms with Gasteiger partial charge in [-0.15, -0.1) is 0 Å². The minimum Gasteiger partial charge on any atom is -0.339 e. The van der Waals surface area contributed by atoms with Crippen molar-refractivity contribution in [1.82, 2.24) is 15.5 Å².